The van der Waals surface area contributed by atoms with Gasteiger partial charge >= 0.3 is 0 Å². The molecule has 0 amide bonds. The Balaban J connectivity index is 1.54. The van der Waals surface area contributed by atoms with Gasteiger partial charge in [0.05, 0.1) is 11.4 Å². The molecule has 6 heteroatoms. The van der Waals surface area contributed by atoms with E-state index in [1.807, 2.05) is 26.2 Å². The van der Waals surface area contributed by atoms with Crippen molar-refractivity contribution in [3.63, 3.8) is 0 Å². The Labute approximate surface area is 160 Å². The van der Waals surface area contributed by atoms with E-state index in [9.17, 15) is 0 Å². The number of nitrogens with zero attached hydrogens (tertiary/aromatic N) is 4. The largest absolute Gasteiger partial charge is 0.366 e. The zero-order chi connectivity index (χ0) is 18.6. The minimum atomic E-state index is 0.474. The average molecular weight is 362 g/mol. The molecule has 3 heterocycles. The minimum Gasteiger partial charge on any atom is -0.366 e. The first-order valence-corrected chi connectivity index (χ1v) is 9.59. The number of piperidine rings is 1. The molecule has 0 saturated carbocycles. The summed E-state index contributed by atoms with van der Waals surface area (Å²) >= 11 is 0. The van der Waals surface area contributed by atoms with Crippen LogP contribution < -0.4 is 10.6 Å². The van der Waals surface area contributed by atoms with E-state index >= 15 is 0 Å². The Bertz CT molecular complexity index is 911. The van der Waals surface area contributed by atoms with E-state index in [0.717, 1.165) is 41.9 Å². The Morgan fingerprint density at radius 2 is 2.11 bits per heavy atom. The number of hydrogen-bond donors (Lipinski definition) is 2. The molecule has 0 radical (unpaired) electrons. The van der Waals surface area contributed by atoms with Crippen molar-refractivity contribution in [2.45, 2.75) is 39.2 Å². The third-order valence-corrected chi connectivity index (χ3v) is 5.11. The van der Waals surface area contributed by atoms with E-state index in [1.54, 1.807) is 0 Å². The number of benzene rings is 1. The van der Waals surface area contributed by atoms with Crippen LogP contribution in [0, 0.1) is 13.8 Å². The number of imidazole rings is 1. The summed E-state index contributed by atoms with van der Waals surface area (Å²) in [6, 6.07) is 10.5. The minimum absolute atomic E-state index is 0.474. The standard InChI is InChI=1S/C21H26N6/c1-15-25-19(17-7-5-9-22-13-17)12-21(26-15)24-14-18-6-3-4-8-20(18)27-11-10-23-16(27)2/h3-4,6,8,10-12,17,22H,5,7,9,13-14H2,1-2H3,(H,24,25,26). The van der Waals surface area contributed by atoms with Crippen molar-refractivity contribution in [1.82, 2.24) is 24.8 Å². The third kappa shape index (κ3) is 4.01. The number of para-hydroxylation sites is 1. The van der Waals surface area contributed by atoms with Gasteiger partial charge in [0, 0.05) is 37.5 Å². The van der Waals surface area contributed by atoms with Gasteiger partial charge in [-0.2, -0.15) is 0 Å². The van der Waals surface area contributed by atoms with E-state index in [-0.39, 0.29) is 0 Å². The molecule has 1 saturated heterocycles. The number of hydrogen-bond acceptors (Lipinski definition) is 5. The fraction of sp³-hybridized carbons (Fsp3) is 0.381. The summed E-state index contributed by atoms with van der Waals surface area (Å²) < 4.78 is 2.11. The van der Waals surface area contributed by atoms with Gasteiger partial charge in [-0.05, 0) is 44.9 Å². The first-order valence-electron chi connectivity index (χ1n) is 9.59. The van der Waals surface area contributed by atoms with Crippen molar-refractivity contribution < 1.29 is 0 Å². The monoisotopic (exact) mass is 362 g/mol. The molecular formula is C21H26N6. The summed E-state index contributed by atoms with van der Waals surface area (Å²) in [6.07, 6.45) is 6.22. The molecule has 1 atom stereocenters. The molecule has 27 heavy (non-hydrogen) atoms. The molecule has 140 valence electrons. The van der Waals surface area contributed by atoms with Crippen molar-refractivity contribution in [2.75, 3.05) is 18.4 Å². The third-order valence-electron chi connectivity index (χ3n) is 5.11. The van der Waals surface area contributed by atoms with Crippen LogP contribution in [-0.2, 0) is 6.54 Å². The van der Waals surface area contributed by atoms with Crippen LogP contribution >= 0.6 is 0 Å². The summed E-state index contributed by atoms with van der Waals surface area (Å²) in [5.41, 5.74) is 3.48. The topological polar surface area (TPSA) is 67.7 Å². The Morgan fingerprint density at radius 3 is 2.89 bits per heavy atom. The van der Waals surface area contributed by atoms with Crippen molar-refractivity contribution in [3.8, 4) is 5.69 Å². The van der Waals surface area contributed by atoms with Gasteiger partial charge in [0.1, 0.15) is 17.5 Å². The van der Waals surface area contributed by atoms with E-state index in [1.165, 1.54) is 18.4 Å². The molecular weight excluding hydrogens is 336 g/mol. The van der Waals surface area contributed by atoms with Gasteiger partial charge in [-0.3, -0.25) is 0 Å². The van der Waals surface area contributed by atoms with Crippen LogP contribution in [0.5, 0.6) is 0 Å². The zero-order valence-corrected chi connectivity index (χ0v) is 15.9. The fourth-order valence-corrected chi connectivity index (χ4v) is 3.71. The molecule has 0 bridgehead atoms. The first kappa shape index (κ1) is 17.7. The lowest BCUT2D eigenvalue weighted by Gasteiger charge is -2.23. The van der Waals surface area contributed by atoms with Crippen LogP contribution in [0.15, 0.2) is 42.7 Å². The maximum Gasteiger partial charge on any atom is 0.130 e. The molecule has 0 aliphatic carbocycles. The van der Waals surface area contributed by atoms with Crippen LogP contribution in [0.2, 0.25) is 0 Å². The van der Waals surface area contributed by atoms with Crippen LogP contribution in [0.1, 0.15) is 41.7 Å². The number of aromatic nitrogens is 4. The Morgan fingerprint density at radius 1 is 1.22 bits per heavy atom. The summed E-state index contributed by atoms with van der Waals surface area (Å²) in [5.74, 6) is 3.16. The van der Waals surface area contributed by atoms with Crippen LogP contribution in [0.3, 0.4) is 0 Å². The highest BCUT2D eigenvalue weighted by atomic mass is 15.1. The number of rotatable bonds is 5. The molecule has 1 aliphatic heterocycles. The first-order chi connectivity index (χ1) is 13.2. The van der Waals surface area contributed by atoms with Gasteiger partial charge in [0.15, 0.2) is 0 Å². The van der Waals surface area contributed by atoms with Crippen molar-refractivity contribution >= 4 is 5.82 Å². The normalized spacial score (nSPS) is 17.0. The number of nitrogens with one attached hydrogen (secondary N) is 2. The maximum absolute atomic E-state index is 4.68. The smallest absolute Gasteiger partial charge is 0.130 e. The average Bonchev–Trinajstić information content (AvgIpc) is 3.12. The summed E-state index contributed by atoms with van der Waals surface area (Å²) in [6.45, 7) is 6.79. The van der Waals surface area contributed by atoms with Crippen LogP contribution in [0.4, 0.5) is 5.82 Å². The van der Waals surface area contributed by atoms with Crippen LogP contribution in [0.25, 0.3) is 5.69 Å². The molecule has 6 nitrogen and oxygen atoms in total. The SMILES string of the molecule is Cc1nc(NCc2ccccc2-n2ccnc2C)cc(C2CCCNC2)n1. The second-order valence-electron chi connectivity index (χ2n) is 7.10. The molecule has 1 unspecified atom stereocenters. The quantitative estimate of drug-likeness (QED) is 0.728. The van der Waals surface area contributed by atoms with Crippen molar-refractivity contribution in [3.05, 3.63) is 65.6 Å². The Kier molecular flexibility index (Phi) is 5.16. The van der Waals surface area contributed by atoms with Gasteiger partial charge in [0.2, 0.25) is 0 Å². The van der Waals surface area contributed by atoms with Gasteiger partial charge in [-0.25, -0.2) is 15.0 Å². The highest BCUT2D eigenvalue weighted by molar-refractivity contribution is 5.45. The fourth-order valence-electron chi connectivity index (χ4n) is 3.71. The molecule has 1 aliphatic rings. The van der Waals surface area contributed by atoms with E-state index in [2.05, 4.69) is 60.5 Å². The van der Waals surface area contributed by atoms with E-state index in [4.69, 9.17) is 0 Å². The van der Waals surface area contributed by atoms with Gasteiger partial charge in [-0.15, -0.1) is 0 Å². The van der Waals surface area contributed by atoms with E-state index < -0.39 is 0 Å². The Hall–Kier alpha value is -2.73. The molecule has 2 N–H and O–H groups in total. The van der Waals surface area contributed by atoms with Crippen LogP contribution in [-0.4, -0.2) is 32.6 Å². The van der Waals surface area contributed by atoms with E-state index in [0.29, 0.717) is 12.5 Å². The highest BCUT2D eigenvalue weighted by Gasteiger charge is 2.18. The van der Waals surface area contributed by atoms with Gasteiger partial charge < -0.3 is 15.2 Å². The highest BCUT2D eigenvalue weighted by Crippen LogP contribution is 2.24. The predicted molar refractivity (Wildman–Crippen MR) is 107 cm³/mol. The lowest BCUT2D eigenvalue weighted by atomic mass is 9.96. The van der Waals surface area contributed by atoms with Gasteiger partial charge in [0.25, 0.3) is 0 Å². The lowest BCUT2D eigenvalue weighted by Crippen LogP contribution is -2.29. The second-order valence-corrected chi connectivity index (χ2v) is 7.10. The molecule has 0 spiro atoms. The maximum atomic E-state index is 4.68. The molecule has 4 rings (SSSR count). The summed E-state index contributed by atoms with van der Waals surface area (Å²) in [5, 5.41) is 6.97. The number of aryl methyl sites for hydroxylation is 2. The van der Waals surface area contributed by atoms with Gasteiger partial charge in [-0.1, -0.05) is 18.2 Å². The lowest BCUT2D eigenvalue weighted by molar-refractivity contribution is 0.453. The predicted octanol–water partition coefficient (Wildman–Crippen LogP) is 3.36. The summed E-state index contributed by atoms with van der Waals surface area (Å²) in [7, 11) is 0. The molecule has 1 fully saturated rings. The zero-order valence-electron chi connectivity index (χ0n) is 15.9. The van der Waals surface area contributed by atoms with Crippen molar-refractivity contribution in [1.29, 1.82) is 0 Å². The molecule has 1 aromatic carbocycles. The molecule has 2 aromatic heterocycles. The number of anilines is 1. The second kappa shape index (κ2) is 7.88. The molecule has 3 aromatic rings. The van der Waals surface area contributed by atoms with Crippen molar-refractivity contribution in [2.24, 2.45) is 0 Å². The summed E-state index contributed by atoms with van der Waals surface area (Å²) in [4.78, 5) is 13.6.